The Morgan fingerprint density at radius 3 is 2.79 bits per heavy atom. The minimum absolute atomic E-state index is 0.0918. The minimum Gasteiger partial charge on any atom is -0.469 e. The Labute approximate surface area is 81.9 Å². The maximum atomic E-state index is 13.4. The van der Waals surface area contributed by atoms with E-state index in [-0.39, 0.29) is 5.57 Å². The molecule has 0 aromatic rings. The lowest BCUT2D eigenvalue weighted by Gasteiger charge is -2.21. The van der Waals surface area contributed by atoms with Crippen LogP contribution in [0.2, 0.25) is 0 Å². The van der Waals surface area contributed by atoms with E-state index in [1.807, 2.05) is 0 Å². The van der Waals surface area contributed by atoms with Crippen LogP contribution in [-0.4, -0.2) is 19.0 Å². The van der Waals surface area contributed by atoms with Gasteiger partial charge in [0.05, 0.1) is 7.11 Å². The number of carbonyl (C=O) groups is 1. The lowest BCUT2D eigenvalue weighted by molar-refractivity contribution is -0.146. The first-order chi connectivity index (χ1) is 6.56. The highest BCUT2D eigenvalue weighted by Gasteiger charge is 2.37. The van der Waals surface area contributed by atoms with Crippen molar-refractivity contribution in [1.82, 2.24) is 0 Å². The van der Waals surface area contributed by atoms with Crippen LogP contribution >= 0.6 is 0 Å². The number of carbonyl (C=O) groups excluding carboxylic acids is 1. The number of rotatable bonds is 3. The first-order valence-electron chi connectivity index (χ1n) is 4.70. The predicted molar refractivity (Wildman–Crippen MR) is 48.1 cm³/mol. The lowest BCUT2D eigenvalue weighted by atomic mass is 9.93. The second kappa shape index (κ2) is 4.53. The summed E-state index contributed by atoms with van der Waals surface area (Å²) in [5.74, 6) is -3.88. The number of esters is 1. The molecule has 1 aliphatic rings. The molecule has 1 rings (SSSR count). The van der Waals surface area contributed by atoms with E-state index in [1.165, 1.54) is 0 Å². The average Bonchev–Trinajstić information content (AvgIpc) is 2.18. The highest BCUT2D eigenvalue weighted by molar-refractivity contribution is 5.70. The smallest absolute Gasteiger partial charge is 0.312 e. The maximum absolute atomic E-state index is 13.4. The van der Waals surface area contributed by atoms with Crippen molar-refractivity contribution in [2.45, 2.75) is 38.0 Å². The quantitative estimate of drug-likeness (QED) is 0.522. The highest BCUT2D eigenvalue weighted by Crippen LogP contribution is 2.34. The first kappa shape index (κ1) is 11.1. The van der Waals surface area contributed by atoms with Crippen molar-refractivity contribution < 1.29 is 18.3 Å². The summed E-state index contributed by atoms with van der Waals surface area (Å²) >= 11 is 0. The molecule has 1 aliphatic carbocycles. The summed E-state index contributed by atoms with van der Waals surface area (Å²) in [6.45, 7) is 0. The van der Waals surface area contributed by atoms with E-state index in [0.29, 0.717) is 12.8 Å². The molecule has 0 radical (unpaired) electrons. The molecule has 0 aliphatic heterocycles. The summed E-state index contributed by atoms with van der Waals surface area (Å²) in [5.41, 5.74) is 0.0918. The summed E-state index contributed by atoms with van der Waals surface area (Å²) in [7, 11) is 1.12. The monoisotopic (exact) mass is 204 g/mol. The molecule has 0 heterocycles. The zero-order valence-electron chi connectivity index (χ0n) is 8.19. The number of ether oxygens (including phenoxy) is 1. The molecule has 14 heavy (non-hydrogen) atoms. The van der Waals surface area contributed by atoms with Crippen molar-refractivity contribution in [3.05, 3.63) is 11.6 Å². The Kier molecular flexibility index (Phi) is 3.61. The van der Waals surface area contributed by atoms with Gasteiger partial charge < -0.3 is 4.74 Å². The van der Waals surface area contributed by atoms with Crippen molar-refractivity contribution in [3.63, 3.8) is 0 Å². The molecule has 0 bridgehead atoms. The van der Waals surface area contributed by atoms with E-state index in [9.17, 15) is 13.6 Å². The number of alkyl halides is 2. The third kappa shape index (κ3) is 2.79. The van der Waals surface area contributed by atoms with E-state index in [1.54, 1.807) is 6.08 Å². The van der Waals surface area contributed by atoms with Gasteiger partial charge in [0.1, 0.15) is 6.42 Å². The summed E-state index contributed by atoms with van der Waals surface area (Å²) in [4.78, 5) is 10.7. The Balaban J connectivity index is 2.63. The van der Waals surface area contributed by atoms with Crippen LogP contribution in [0.1, 0.15) is 32.1 Å². The average molecular weight is 204 g/mol. The van der Waals surface area contributed by atoms with Crippen LogP contribution in [0.15, 0.2) is 11.6 Å². The molecule has 0 N–H and O–H groups in total. The summed E-state index contributed by atoms with van der Waals surface area (Å²) in [6.07, 6.45) is 3.53. The van der Waals surface area contributed by atoms with Crippen LogP contribution in [0.4, 0.5) is 8.78 Å². The Morgan fingerprint density at radius 1 is 1.57 bits per heavy atom. The van der Waals surface area contributed by atoms with Gasteiger partial charge in [-0.05, 0) is 31.3 Å². The third-order valence-corrected chi connectivity index (χ3v) is 2.35. The van der Waals surface area contributed by atoms with Crippen molar-refractivity contribution >= 4 is 5.97 Å². The van der Waals surface area contributed by atoms with Gasteiger partial charge in [-0.15, -0.1) is 0 Å². The molecule has 0 saturated carbocycles. The molecule has 4 heteroatoms. The first-order valence-corrected chi connectivity index (χ1v) is 4.70. The largest absolute Gasteiger partial charge is 0.469 e. The van der Waals surface area contributed by atoms with Gasteiger partial charge >= 0.3 is 5.97 Å². The Bertz CT molecular complexity index is 247. The van der Waals surface area contributed by atoms with Crippen molar-refractivity contribution in [1.29, 1.82) is 0 Å². The normalized spacial score (nSPS) is 17.5. The van der Waals surface area contributed by atoms with Crippen LogP contribution < -0.4 is 0 Å². The molecule has 2 nitrogen and oxygen atoms in total. The molecule has 0 aromatic heterocycles. The summed E-state index contributed by atoms with van der Waals surface area (Å²) in [6, 6.07) is 0. The molecule has 0 amide bonds. The molecular formula is C10H14F2O2. The number of halogens is 2. The lowest BCUT2D eigenvalue weighted by Crippen LogP contribution is -2.25. The number of allylic oxidation sites excluding steroid dienone is 2. The number of hydrogen-bond acceptors (Lipinski definition) is 2. The van der Waals surface area contributed by atoms with Crippen LogP contribution in [-0.2, 0) is 9.53 Å². The van der Waals surface area contributed by atoms with Gasteiger partial charge in [-0.3, -0.25) is 4.79 Å². The standard InChI is InChI=1S/C10H14F2O2/c1-14-9(13)7-10(11,12)8-5-3-2-4-6-8/h5H,2-4,6-7H2,1H3. The zero-order valence-corrected chi connectivity index (χ0v) is 8.19. The van der Waals surface area contributed by atoms with Crippen LogP contribution in [0.25, 0.3) is 0 Å². The fourth-order valence-corrected chi connectivity index (χ4v) is 1.54. The van der Waals surface area contributed by atoms with Crippen LogP contribution in [0.3, 0.4) is 0 Å². The van der Waals surface area contributed by atoms with E-state index in [2.05, 4.69) is 4.74 Å². The van der Waals surface area contributed by atoms with Crippen molar-refractivity contribution in [2.24, 2.45) is 0 Å². The molecule has 0 saturated heterocycles. The number of hydrogen-bond donors (Lipinski definition) is 0. The Hall–Kier alpha value is -0.930. The van der Waals surface area contributed by atoms with Gasteiger partial charge in [0.15, 0.2) is 0 Å². The van der Waals surface area contributed by atoms with E-state index < -0.39 is 18.3 Å². The van der Waals surface area contributed by atoms with Gasteiger partial charge in [-0.25, -0.2) is 8.78 Å². The second-order valence-corrected chi connectivity index (χ2v) is 3.43. The van der Waals surface area contributed by atoms with Gasteiger partial charge in [0.25, 0.3) is 5.92 Å². The van der Waals surface area contributed by atoms with Gasteiger partial charge in [-0.1, -0.05) is 6.08 Å². The van der Waals surface area contributed by atoms with Crippen LogP contribution in [0, 0.1) is 0 Å². The molecule has 0 unspecified atom stereocenters. The highest BCUT2D eigenvalue weighted by atomic mass is 19.3. The second-order valence-electron chi connectivity index (χ2n) is 3.43. The van der Waals surface area contributed by atoms with Gasteiger partial charge in [0.2, 0.25) is 0 Å². The fraction of sp³-hybridized carbons (Fsp3) is 0.700. The number of methoxy groups -OCH3 is 1. The zero-order chi connectivity index (χ0) is 10.6. The molecule has 0 spiro atoms. The van der Waals surface area contributed by atoms with E-state index in [4.69, 9.17) is 0 Å². The summed E-state index contributed by atoms with van der Waals surface area (Å²) in [5, 5.41) is 0. The van der Waals surface area contributed by atoms with E-state index in [0.717, 1.165) is 20.0 Å². The molecule has 0 fully saturated rings. The SMILES string of the molecule is COC(=O)CC(F)(F)C1=CCCCC1. The summed E-state index contributed by atoms with van der Waals surface area (Å²) < 4.78 is 31.0. The fourth-order valence-electron chi connectivity index (χ4n) is 1.54. The topological polar surface area (TPSA) is 26.3 Å². The van der Waals surface area contributed by atoms with Crippen molar-refractivity contribution in [2.75, 3.05) is 7.11 Å². The molecule has 0 aromatic carbocycles. The minimum atomic E-state index is -3.02. The predicted octanol–water partition coefficient (Wildman–Crippen LogP) is 2.69. The maximum Gasteiger partial charge on any atom is 0.312 e. The molecule has 80 valence electrons. The van der Waals surface area contributed by atoms with Crippen molar-refractivity contribution in [3.8, 4) is 0 Å². The van der Waals surface area contributed by atoms with Crippen LogP contribution in [0.5, 0.6) is 0 Å². The van der Waals surface area contributed by atoms with Gasteiger partial charge in [0, 0.05) is 0 Å². The Morgan fingerprint density at radius 2 is 2.29 bits per heavy atom. The van der Waals surface area contributed by atoms with E-state index >= 15 is 0 Å². The molecular weight excluding hydrogens is 190 g/mol. The van der Waals surface area contributed by atoms with Gasteiger partial charge in [-0.2, -0.15) is 0 Å². The molecule has 0 atom stereocenters. The third-order valence-electron chi connectivity index (χ3n) is 2.35.